The topological polar surface area (TPSA) is 80.5 Å². The summed E-state index contributed by atoms with van der Waals surface area (Å²) in [5, 5.41) is 14.9. The lowest BCUT2D eigenvalue weighted by Gasteiger charge is -2.20. The first-order chi connectivity index (χ1) is 16.8. The Balaban J connectivity index is 0.000000497. The molecule has 0 spiro atoms. The van der Waals surface area contributed by atoms with Crippen molar-refractivity contribution < 1.29 is 14.6 Å². The fraction of sp³-hybridized carbons (Fsp3) is 0.222. The standard InChI is InChI=1S/C22H25N3O3Si.C5H5N/c1-5-24(20-9-7-6-8-19(20)22(26)27)18-11-10-17-15-23-25(21(17)14-18)16-28-12-13-29(2,3)4;1-2-4-6-5-3-1/h1,6-11,14-15H,12-13,16H2,2-4H3,(H,26,27);1-5H. The van der Waals surface area contributed by atoms with E-state index in [1.165, 1.54) is 11.0 Å². The van der Waals surface area contributed by atoms with Gasteiger partial charge in [0.15, 0.2) is 0 Å². The van der Waals surface area contributed by atoms with Gasteiger partial charge in [0.2, 0.25) is 0 Å². The molecular formula is C27H30N4O3Si. The van der Waals surface area contributed by atoms with Crippen LogP contribution >= 0.6 is 0 Å². The van der Waals surface area contributed by atoms with Gasteiger partial charge in [0, 0.05) is 38.5 Å². The van der Waals surface area contributed by atoms with Gasteiger partial charge in [-0.1, -0.05) is 44.3 Å². The zero-order chi connectivity index (χ0) is 25.3. The Morgan fingerprint density at radius 2 is 1.86 bits per heavy atom. The first kappa shape index (κ1) is 25.7. The number of aromatic carboxylic acids is 1. The minimum absolute atomic E-state index is 0.147. The number of para-hydroxylation sites is 1. The number of hydrogen-bond donors (Lipinski definition) is 1. The summed E-state index contributed by atoms with van der Waals surface area (Å²) >= 11 is 0. The van der Waals surface area contributed by atoms with Crippen molar-refractivity contribution in [3.05, 3.63) is 84.8 Å². The summed E-state index contributed by atoms with van der Waals surface area (Å²) < 4.78 is 7.62. The van der Waals surface area contributed by atoms with Gasteiger partial charge in [-0.05, 0) is 48.5 Å². The molecule has 2 aromatic heterocycles. The van der Waals surface area contributed by atoms with E-state index in [9.17, 15) is 9.90 Å². The quantitative estimate of drug-likeness (QED) is 0.145. The van der Waals surface area contributed by atoms with Crippen LogP contribution in [0.5, 0.6) is 0 Å². The highest BCUT2D eigenvalue weighted by Crippen LogP contribution is 2.30. The van der Waals surface area contributed by atoms with Crippen LogP contribution in [0.4, 0.5) is 11.4 Å². The highest BCUT2D eigenvalue weighted by molar-refractivity contribution is 6.76. The van der Waals surface area contributed by atoms with Gasteiger partial charge in [-0.25, -0.2) is 9.48 Å². The molecule has 35 heavy (non-hydrogen) atoms. The van der Waals surface area contributed by atoms with E-state index < -0.39 is 14.0 Å². The van der Waals surface area contributed by atoms with Crippen LogP contribution in [0.2, 0.25) is 25.7 Å². The van der Waals surface area contributed by atoms with Crippen LogP contribution in [0.1, 0.15) is 10.4 Å². The van der Waals surface area contributed by atoms with Crippen molar-refractivity contribution >= 4 is 36.3 Å². The lowest BCUT2D eigenvalue weighted by atomic mass is 10.1. The summed E-state index contributed by atoms with van der Waals surface area (Å²) in [6, 6.07) is 21.8. The maximum absolute atomic E-state index is 11.6. The number of fused-ring (bicyclic) bond motifs is 1. The Bertz CT molecular complexity index is 1270. The van der Waals surface area contributed by atoms with Crippen LogP contribution in [0.3, 0.4) is 0 Å². The Morgan fingerprint density at radius 3 is 2.46 bits per heavy atom. The van der Waals surface area contributed by atoms with Crippen LogP contribution in [0.25, 0.3) is 10.9 Å². The van der Waals surface area contributed by atoms with Crippen molar-refractivity contribution in [1.29, 1.82) is 0 Å². The van der Waals surface area contributed by atoms with Gasteiger partial charge >= 0.3 is 5.97 Å². The van der Waals surface area contributed by atoms with Crippen LogP contribution in [0.15, 0.2) is 79.3 Å². The Labute approximate surface area is 207 Å². The molecule has 0 unspecified atom stereocenters. The van der Waals surface area contributed by atoms with E-state index in [1.54, 1.807) is 41.5 Å². The van der Waals surface area contributed by atoms with Gasteiger partial charge in [0.1, 0.15) is 6.73 Å². The molecular weight excluding hydrogens is 456 g/mol. The number of rotatable bonds is 8. The molecule has 0 radical (unpaired) electrons. The van der Waals surface area contributed by atoms with Crippen molar-refractivity contribution in [3.8, 4) is 12.5 Å². The smallest absolute Gasteiger partial charge is 0.337 e. The fourth-order valence-electron chi connectivity index (χ4n) is 3.28. The summed E-state index contributed by atoms with van der Waals surface area (Å²) in [5.41, 5.74) is 2.16. The van der Waals surface area contributed by atoms with Crippen molar-refractivity contribution in [2.75, 3.05) is 11.5 Å². The van der Waals surface area contributed by atoms with Gasteiger partial charge in [-0.3, -0.25) is 9.88 Å². The second-order valence-electron chi connectivity index (χ2n) is 9.05. The fourth-order valence-corrected chi connectivity index (χ4v) is 4.03. The molecule has 4 rings (SSSR count). The van der Waals surface area contributed by atoms with Crippen molar-refractivity contribution in [3.63, 3.8) is 0 Å². The highest BCUT2D eigenvalue weighted by atomic mass is 28.3. The highest BCUT2D eigenvalue weighted by Gasteiger charge is 2.17. The molecule has 0 amide bonds. The van der Waals surface area contributed by atoms with Crippen LogP contribution in [-0.2, 0) is 11.5 Å². The largest absolute Gasteiger partial charge is 0.478 e. The molecule has 0 saturated heterocycles. The maximum atomic E-state index is 11.6. The van der Waals surface area contributed by atoms with Crippen molar-refractivity contribution in [2.45, 2.75) is 32.4 Å². The van der Waals surface area contributed by atoms with E-state index in [1.807, 2.05) is 36.4 Å². The summed E-state index contributed by atoms with van der Waals surface area (Å²) in [6.45, 7) is 8.01. The van der Waals surface area contributed by atoms with Gasteiger partial charge in [-0.15, -0.1) is 0 Å². The molecule has 0 bridgehead atoms. The zero-order valence-electron chi connectivity index (χ0n) is 20.3. The van der Waals surface area contributed by atoms with E-state index in [0.717, 1.165) is 16.9 Å². The molecule has 4 aromatic rings. The molecule has 7 nitrogen and oxygen atoms in total. The van der Waals surface area contributed by atoms with E-state index in [0.29, 0.717) is 24.7 Å². The first-order valence-electron chi connectivity index (χ1n) is 11.3. The molecule has 1 N–H and O–H groups in total. The molecule has 8 heteroatoms. The summed E-state index contributed by atoms with van der Waals surface area (Å²) in [4.78, 5) is 16.9. The Hall–Kier alpha value is -3.93. The third kappa shape index (κ3) is 7.27. The third-order valence-corrected chi connectivity index (χ3v) is 6.87. The molecule has 0 atom stereocenters. The van der Waals surface area contributed by atoms with E-state index in [4.69, 9.17) is 11.2 Å². The normalized spacial score (nSPS) is 10.8. The molecule has 0 aliphatic rings. The lowest BCUT2D eigenvalue weighted by molar-refractivity contribution is 0.0697. The minimum atomic E-state index is -1.15. The average Bonchev–Trinajstić information content (AvgIpc) is 3.26. The predicted octanol–water partition coefficient (Wildman–Crippen LogP) is 5.86. The number of nitrogens with zero attached hydrogens (tertiary/aromatic N) is 4. The molecule has 0 fully saturated rings. The zero-order valence-corrected chi connectivity index (χ0v) is 21.3. The predicted molar refractivity (Wildman–Crippen MR) is 142 cm³/mol. The Kier molecular flexibility index (Phi) is 8.78. The number of anilines is 2. The number of pyridine rings is 1. The molecule has 0 aliphatic heterocycles. The van der Waals surface area contributed by atoms with Crippen molar-refractivity contribution in [2.24, 2.45) is 0 Å². The van der Waals surface area contributed by atoms with Crippen LogP contribution in [0, 0.1) is 12.5 Å². The summed E-state index contributed by atoms with van der Waals surface area (Å²) in [7, 11) is -1.15. The summed E-state index contributed by atoms with van der Waals surface area (Å²) in [6.07, 6.45) is 11.0. The molecule has 2 heterocycles. The number of ether oxygens (including phenoxy) is 1. The number of terminal acetylenes is 1. The average molecular weight is 487 g/mol. The minimum Gasteiger partial charge on any atom is -0.478 e. The monoisotopic (exact) mass is 486 g/mol. The van der Waals surface area contributed by atoms with Gasteiger partial charge < -0.3 is 9.84 Å². The second-order valence-corrected chi connectivity index (χ2v) is 14.7. The molecule has 2 aromatic carbocycles. The van der Waals surface area contributed by atoms with Crippen LogP contribution < -0.4 is 4.90 Å². The number of carboxylic acids is 1. The maximum Gasteiger partial charge on any atom is 0.337 e. The number of hydrogen-bond acceptors (Lipinski definition) is 5. The number of carboxylic acid groups (broad SMARTS) is 1. The van der Waals surface area contributed by atoms with Crippen molar-refractivity contribution in [1.82, 2.24) is 14.8 Å². The van der Waals surface area contributed by atoms with E-state index in [-0.39, 0.29) is 5.56 Å². The second kappa shape index (κ2) is 12.0. The lowest BCUT2D eigenvalue weighted by Crippen LogP contribution is -2.22. The third-order valence-electron chi connectivity index (χ3n) is 5.17. The Morgan fingerprint density at radius 1 is 1.11 bits per heavy atom. The SMILES string of the molecule is C#CN(c1ccc2cnn(COCC[Si](C)(C)C)c2c1)c1ccccc1C(=O)O.c1ccncc1. The molecule has 0 aliphatic carbocycles. The number of benzene rings is 2. The number of carbonyl (C=O) groups is 1. The van der Waals surface area contributed by atoms with Gasteiger partial charge in [-0.2, -0.15) is 5.10 Å². The molecule has 180 valence electrons. The number of aromatic nitrogens is 3. The van der Waals surface area contributed by atoms with E-state index >= 15 is 0 Å². The molecule has 0 saturated carbocycles. The first-order valence-corrected chi connectivity index (χ1v) is 15.0. The van der Waals surface area contributed by atoms with Crippen LogP contribution in [-0.4, -0.2) is 40.5 Å². The van der Waals surface area contributed by atoms with Gasteiger partial charge in [0.25, 0.3) is 0 Å². The van der Waals surface area contributed by atoms with E-state index in [2.05, 4.69) is 35.8 Å². The van der Waals surface area contributed by atoms with Gasteiger partial charge in [0.05, 0.1) is 28.7 Å². The summed E-state index contributed by atoms with van der Waals surface area (Å²) in [5.74, 6) is -1.03.